The lowest BCUT2D eigenvalue weighted by atomic mass is 9.96. The quantitative estimate of drug-likeness (QED) is 0.720. The Labute approximate surface area is 142 Å². The van der Waals surface area contributed by atoms with E-state index in [4.69, 9.17) is 0 Å². The summed E-state index contributed by atoms with van der Waals surface area (Å²) < 4.78 is 0. The largest absolute Gasteiger partial charge is 0.360 e. The van der Waals surface area contributed by atoms with E-state index in [0.717, 1.165) is 16.5 Å². The van der Waals surface area contributed by atoms with Gasteiger partial charge in [-0.25, -0.2) is 0 Å². The van der Waals surface area contributed by atoms with Crippen LogP contribution in [-0.4, -0.2) is 35.8 Å². The molecule has 1 N–H and O–H groups in total. The van der Waals surface area contributed by atoms with Gasteiger partial charge in [0, 0.05) is 22.7 Å². The van der Waals surface area contributed by atoms with Crippen LogP contribution < -0.4 is 0 Å². The zero-order valence-corrected chi connectivity index (χ0v) is 14.1. The number of halogens is 1. The maximum absolute atomic E-state index is 13.0. The van der Waals surface area contributed by atoms with Gasteiger partial charge in [0.15, 0.2) is 5.78 Å². The molecule has 0 bridgehead atoms. The molecule has 3 aromatic rings. The molecular weight excluding hydrogens is 308 g/mol. The van der Waals surface area contributed by atoms with Gasteiger partial charge in [-0.2, -0.15) is 0 Å². The van der Waals surface area contributed by atoms with Gasteiger partial charge in [-0.05, 0) is 32.1 Å². The van der Waals surface area contributed by atoms with Gasteiger partial charge in [-0.1, -0.05) is 48.5 Å². The van der Waals surface area contributed by atoms with Gasteiger partial charge >= 0.3 is 0 Å². The standard InChI is InChI=1S/C19H20N2O.ClH/c1-21(2)18(12-14-8-4-3-5-9-14)19(22)16-13-20-17-11-7-6-10-15(16)17;/h3-11,13,18,20H,12H2,1-2H3;1H. The number of aromatic nitrogens is 1. The van der Waals surface area contributed by atoms with E-state index in [1.165, 1.54) is 5.56 Å². The fourth-order valence-electron chi connectivity index (χ4n) is 2.80. The van der Waals surface area contributed by atoms with Crippen molar-refractivity contribution in [3.63, 3.8) is 0 Å². The molecule has 0 radical (unpaired) electrons. The smallest absolute Gasteiger partial charge is 0.182 e. The molecule has 0 fully saturated rings. The van der Waals surface area contributed by atoms with Crippen molar-refractivity contribution in [1.29, 1.82) is 0 Å². The number of ketones is 1. The highest BCUT2D eigenvalue weighted by Crippen LogP contribution is 2.21. The van der Waals surface area contributed by atoms with Crippen LogP contribution in [-0.2, 0) is 6.42 Å². The Hall–Kier alpha value is -2.10. The number of hydrogen-bond donors (Lipinski definition) is 1. The van der Waals surface area contributed by atoms with Gasteiger partial charge in [0.25, 0.3) is 0 Å². The highest BCUT2D eigenvalue weighted by molar-refractivity contribution is 6.10. The van der Waals surface area contributed by atoms with Crippen LogP contribution in [0.25, 0.3) is 10.9 Å². The van der Waals surface area contributed by atoms with E-state index in [2.05, 4.69) is 17.1 Å². The number of hydrogen-bond acceptors (Lipinski definition) is 2. The summed E-state index contributed by atoms with van der Waals surface area (Å²) >= 11 is 0. The number of para-hydroxylation sites is 1. The number of nitrogens with zero attached hydrogens (tertiary/aromatic N) is 1. The van der Waals surface area contributed by atoms with E-state index in [9.17, 15) is 4.79 Å². The first-order valence-corrected chi connectivity index (χ1v) is 7.47. The Kier molecular flexibility index (Phi) is 5.59. The third kappa shape index (κ3) is 3.63. The minimum atomic E-state index is -0.165. The van der Waals surface area contributed by atoms with Crippen LogP contribution in [0.4, 0.5) is 0 Å². The second-order valence-corrected chi connectivity index (χ2v) is 5.78. The van der Waals surface area contributed by atoms with Crippen molar-refractivity contribution in [1.82, 2.24) is 9.88 Å². The topological polar surface area (TPSA) is 36.1 Å². The van der Waals surface area contributed by atoms with Gasteiger partial charge in [-0.3, -0.25) is 9.69 Å². The number of rotatable bonds is 5. The Morgan fingerprint density at radius 2 is 1.70 bits per heavy atom. The monoisotopic (exact) mass is 328 g/mol. The molecule has 3 nitrogen and oxygen atoms in total. The minimum absolute atomic E-state index is 0. The molecule has 0 saturated carbocycles. The van der Waals surface area contributed by atoms with Crippen molar-refractivity contribution in [2.75, 3.05) is 14.1 Å². The van der Waals surface area contributed by atoms with E-state index in [0.29, 0.717) is 6.42 Å². The van der Waals surface area contributed by atoms with Crippen molar-refractivity contribution in [2.45, 2.75) is 12.5 Å². The van der Waals surface area contributed by atoms with Crippen LogP contribution in [0.3, 0.4) is 0 Å². The van der Waals surface area contributed by atoms with E-state index in [1.807, 2.05) is 67.7 Å². The zero-order valence-electron chi connectivity index (χ0n) is 13.3. The summed E-state index contributed by atoms with van der Waals surface area (Å²) in [6.45, 7) is 0. The van der Waals surface area contributed by atoms with E-state index < -0.39 is 0 Å². The van der Waals surface area contributed by atoms with E-state index in [1.54, 1.807) is 0 Å². The summed E-state index contributed by atoms with van der Waals surface area (Å²) in [6, 6.07) is 17.9. The lowest BCUT2D eigenvalue weighted by molar-refractivity contribution is 0.0877. The SMILES string of the molecule is CN(C)C(Cc1ccccc1)C(=O)c1c[nH]c2ccccc12.Cl. The Morgan fingerprint density at radius 3 is 2.39 bits per heavy atom. The van der Waals surface area contributed by atoms with Crippen molar-refractivity contribution in [2.24, 2.45) is 0 Å². The van der Waals surface area contributed by atoms with Crippen molar-refractivity contribution >= 4 is 29.1 Å². The Balaban J connectivity index is 0.00000192. The van der Waals surface area contributed by atoms with Crippen LogP contribution >= 0.6 is 12.4 Å². The molecule has 0 spiro atoms. The highest BCUT2D eigenvalue weighted by Gasteiger charge is 2.24. The number of benzene rings is 2. The molecule has 1 heterocycles. The summed E-state index contributed by atoms with van der Waals surface area (Å²) in [5.41, 5.74) is 2.95. The molecular formula is C19H21ClN2O. The van der Waals surface area contributed by atoms with Crippen LogP contribution in [0.5, 0.6) is 0 Å². The van der Waals surface area contributed by atoms with Crippen LogP contribution in [0, 0.1) is 0 Å². The van der Waals surface area contributed by atoms with Gasteiger partial charge < -0.3 is 4.98 Å². The van der Waals surface area contributed by atoms with Crippen molar-refractivity contribution in [3.05, 3.63) is 71.9 Å². The lowest BCUT2D eigenvalue weighted by Gasteiger charge is -2.23. The first-order valence-electron chi connectivity index (χ1n) is 7.47. The molecule has 0 aliphatic heterocycles. The van der Waals surface area contributed by atoms with Gasteiger partial charge in [0.2, 0.25) is 0 Å². The number of H-pyrrole nitrogens is 1. The first kappa shape index (κ1) is 17.3. The molecule has 1 atom stereocenters. The number of fused-ring (bicyclic) bond motifs is 1. The number of carbonyl (C=O) groups is 1. The van der Waals surface area contributed by atoms with E-state index >= 15 is 0 Å². The summed E-state index contributed by atoms with van der Waals surface area (Å²) in [4.78, 5) is 18.2. The van der Waals surface area contributed by atoms with Crippen LogP contribution in [0.15, 0.2) is 60.8 Å². The molecule has 0 amide bonds. The van der Waals surface area contributed by atoms with Crippen LogP contribution in [0.2, 0.25) is 0 Å². The number of likely N-dealkylation sites (N-methyl/N-ethyl adjacent to an activating group) is 1. The average molecular weight is 329 g/mol. The maximum atomic E-state index is 13.0. The molecule has 2 aromatic carbocycles. The Bertz CT molecular complexity index is 780. The molecule has 23 heavy (non-hydrogen) atoms. The highest BCUT2D eigenvalue weighted by atomic mass is 35.5. The molecule has 4 heteroatoms. The van der Waals surface area contributed by atoms with Crippen LogP contribution in [0.1, 0.15) is 15.9 Å². The molecule has 1 unspecified atom stereocenters. The third-order valence-corrected chi connectivity index (χ3v) is 4.05. The second kappa shape index (κ2) is 7.44. The molecule has 0 saturated heterocycles. The number of carbonyl (C=O) groups excluding carboxylic acids is 1. The minimum Gasteiger partial charge on any atom is -0.360 e. The number of Topliss-reactive ketones (excluding diaryl/α,β-unsaturated/α-hetero) is 1. The predicted octanol–water partition coefficient (Wildman–Crippen LogP) is 3.95. The number of nitrogens with one attached hydrogen (secondary N) is 1. The second-order valence-electron chi connectivity index (χ2n) is 5.78. The first-order chi connectivity index (χ1) is 10.7. The maximum Gasteiger partial charge on any atom is 0.182 e. The number of aromatic amines is 1. The predicted molar refractivity (Wildman–Crippen MR) is 97.5 cm³/mol. The third-order valence-electron chi connectivity index (χ3n) is 4.05. The van der Waals surface area contributed by atoms with Crippen molar-refractivity contribution < 1.29 is 4.79 Å². The fraction of sp³-hybridized carbons (Fsp3) is 0.211. The fourth-order valence-corrected chi connectivity index (χ4v) is 2.80. The van der Waals surface area contributed by atoms with Gasteiger partial charge in [0.1, 0.15) is 0 Å². The van der Waals surface area contributed by atoms with Gasteiger partial charge in [-0.15, -0.1) is 12.4 Å². The zero-order chi connectivity index (χ0) is 15.5. The summed E-state index contributed by atoms with van der Waals surface area (Å²) in [5.74, 6) is 0.159. The molecule has 0 aliphatic rings. The summed E-state index contributed by atoms with van der Waals surface area (Å²) in [6.07, 6.45) is 2.54. The van der Waals surface area contributed by atoms with Gasteiger partial charge in [0.05, 0.1) is 6.04 Å². The van der Waals surface area contributed by atoms with E-state index in [-0.39, 0.29) is 24.2 Å². The Morgan fingerprint density at radius 1 is 1.04 bits per heavy atom. The summed E-state index contributed by atoms with van der Waals surface area (Å²) in [7, 11) is 3.92. The molecule has 1 aromatic heterocycles. The average Bonchev–Trinajstić information content (AvgIpc) is 2.97. The molecule has 120 valence electrons. The molecule has 3 rings (SSSR count). The molecule has 0 aliphatic carbocycles. The summed E-state index contributed by atoms with van der Waals surface area (Å²) in [5, 5.41) is 0.993. The van der Waals surface area contributed by atoms with Crippen molar-refractivity contribution in [3.8, 4) is 0 Å². The lowest BCUT2D eigenvalue weighted by Crippen LogP contribution is -2.37. The normalized spacial score (nSPS) is 12.1.